The van der Waals surface area contributed by atoms with Crippen LogP contribution in [-0.4, -0.2) is 45.9 Å². The zero-order valence-corrected chi connectivity index (χ0v) is 19.6. The van der Waals surface area contributed by atoms with Crippen LogP contribution in [-0.2, 0) is 13.5 Å². The van der Waals surface area contributed by atoms with Gasteiger partial charge in [-0.3, -0.25) is 14.6 Å². The summed E-state index contributed by atoms with van der Waals surface area (Å²) in [6.45, 7) is 2.44. The zero-order chi connectivity index (χ0) is 23.4. The van der Waals surface area contributed by atoms with E-state index in [4.69, 9.17) is 0 Å². The SMILES string of the molecule is Cc1cc(C(=O)N(C)[C@H](CCNC(=O)c2cccn2C)Cc2ccccc2)cc(C2CC2)n1.[HH]. The van der Waals surface area contributed by atoms with Crippen LogP contribution < -0.4 is 5.32 Å². The van der Waals surface area contributed by atoms with Crippen LogP contribution in [0.15, 0.2) is 60.8 Å². The van der Waals surface area contributed by atoms with E-state index in [9.17, 15) is 9.59 Å². The van der Waals surface area contributed by atoms with Gasteiger partial charge in [-0.1, -0.05) is 30.3 Å². The largest absolute Gasteiger partial charge is 0.351 e. The molecule has 6 nitrogen and oxygen atoms in total. The summed E-state index contributed by atoms with van der Waals surface area (Å²) in [5, 5.41) is 3.01. The lowest BCUT2D eigenvalue weighted by molar-refractivity contribution is 0.0722. The lowest BCUT2D eigenvalue weighted by Gasteiger charge is -2.29. The van der Waals surface area contributed by atoms with Crippen molar-refractivity contribution < 1.29 is 11.0 Å². The third kappa shape index (κ3) is 5.69. The minimum Gasteiger partial charge on any atom is -0.351 e. The smallest absolute Gasteiger partial charge is 0.267 e. The maximum Gasteiger partial charge on any atom is 0.267 e. The summed E-state index contributed by atoms with van der Waals surface area (Å²) in [5.41, 5.74) is 4.39. The van der Waals surface area contributed by atoms with Crippen molar-refractivity contribution >= 4 is 11.8 Å². The molecular weight excluding hydrogens is 412 g/mol. The monoisotopic (exact) mass is 446 g/mol. The van der Waals surface area contributed by atoms with Crippen LogP contribution in [0.1, 0.15) is 64.4 Å². The van der Waals surface area contributed by atoms with Crippen LogP contribution in [0.3, 0.4) is 0 Å². The molecule has 4 rings (SSSR count). The predicted octanol–water partition coefficient (Wildman–Crippen LogP) is 4.36. The molecule has 1 saturated carbocycles. The summed E-state index contributed by atoms with van der Waals surface area (Å²) in [7, 11) is 3.72. The molecule has 1 fully saturated rings. The minimum atomic E-state index is -0.103. The third-order valence-corrected chi connectivity index (χ3v) is 6.34. The van der Waals surface area contributed by atoms with Crippen LogP contribution >= 0.6 is 0 Å². The lowest BCUT2D eigenvalue weighted by Crippen LogP contribution is -2.41. The van der Waals surface area contributed by atoms with Gasteiger partial charge < -0.3 is 14.8 Å². The van der Waals surface area contributed by atoms with Gasteiger partial charge in [0.05, 0.1) is 0 Å². The van der Waals surface area contributed by atoms with E-state index in [1.54, 1.807) is 10.6 Å². The highest BCUT2D eigenvalue weighted by Crippen LogP contribution is 2.39. The predicted molar refractivity (Wildman–Crippen MR) is 131 cm³/mol. The number of hydrogen-bond acceptors (Lipinski definition) is 3. The van der Waals surface area contributed by atoms with Crippen molar-refractivity contribution in [3.63, 3.8) is 0 Å². The molecule has 0 bridgehead atoms. The van der Waals surface area contributed by atoms with Gasteiger partial charge in [0.15, 0.2) is 0 Å². The topological polar surface area (TPSA) is 67.2 Å². The van der Waals surface area contributed by atoms with Gasteiger partial charge >= 0.3 is 0 Å². The van der Waals surface area contributed by atoms with E-state index in [-0.39, 0.29) is 19.3 Å². The van der Waals surface area contributed by atoms with Gasteiger partial charge in [-0.05, 0) is 62.4 Å². The third-order valence-electron chi connectivity index (χ3n) is 6.34. The number of pyridine rings is 1. The standard InChI is InChI=1S/C27H32N4O2.H2/c1-19-16-22(18-24(29-19)21-11-12-21)27(33)31(3)23(17-20-8-5-4-6-9-20)13-14-28-26(32)25-10-7-15-30(25)2;/h4-10,15-16,18,21,23H,11-14,17H2,1-3H3,(H,28,32);1H/t23-;/m1./s1. The number of carbonyl (C=O) groups excluding carboxylic acids is 2. The summed E-state index contributed by atoms with van der Waals surface area (Å²) in [4.78, 5) is 32.4. The average Bonchev–Trinajstić information content (AvgIpc) is 3.58. The Morgan fingerprint density at radius 2 is 1.94 bits per heavy atom. The molecule has 1 aliphatic carbocycles. The first-order chi connectivity index (χ1) is 15.9. The Morgan fingerprint density at radius 1 is 1.18 bits per heavy atom. The van der Waals surface area contributed by atoms with Crippen molar-refractivity contribution in [3.05, 3.63) is 89.0 Å². The van der Waals surface area contributed by atoms with Gasteiger partial charge in [0.1, 0.15) is 5.69 Å². The number of benzene rings is 1. The van der Waals surface area contributed by atoms with Gasteiger partial charge in [0.2, 0.25) is 0 Å². The highest BCUT2D eigenvalue weighted by molar-refractivity contribution is 5.94. The molecule has 0 unspecified atom stereocenters. The van der Waals surface area contributed by atoms with E-state index in [1.807, 2.05) is 68.5 Å². The second-order valence-electron chi connectivity index (χ2n) is 9.00. The first-order valence-corrected chi connectivity index (χ1v) is 11.6. The molecule has 174 valence electrons. The molecule has 1 atom stereocenters. The number of nitrogens with zero attached hydrogens (tertiary/aromatic N) is 3. The van der Waals surface area contributed by atoms with Crippen LogP contribution in [0.5, 0.6) is 0 Å². The molecule has 1 aliphatic rings. The summed E-state index contributed by atoms with van der Waals surface area (Å²) in [6, 6.07) is 17.6. The second-order valence-corrected chi connectivity index (χ2v) is 9.00. The molecule has 3 aromatic rings. The van der Waals surface area contributed by atoms with Crippen LogP contribution in [0.4, 0.5) is 0 Å². The fraction of sp³-hybridized carbons (Fsp3) is 0.370. The van der Waals surface area contributed by atoms with Gasteiger partial charge in [-0.15, -0.1) is 0 Å². The van der Waals surface area contributed by atoms with Gasteiger partial charge in [-0.2, -0.15) is 0 Å². The fourth-order valence-electron chi connectivity index (χ4n) is 4.23. The Bertz CT molecular complexity index is 1120. The first kappa shape index (κ1) is 22.8. The Hall–Kier alpha value is -3.41. The van der Waals surface area contributed by atoms with E-state index in [0.29, 0.717) is 30.1 Å². The molecule has 2 aromatic heterocycles. The van der Waals surface area contributed by atoms with Gasteiger partial charge in [0.25, 0.3) is 11.8 Å². The Labute approximate surface area is 197 Å². The van der Waals surface area contributed by atoms with E-state index in [2.05, 4.69) is 22.4 Å². The number of carbonyl (C=O) groups is 2. The van der Waals surface area contributed by atoms with Crippen LogP contribution in [0, 0.1) is 6.92 Å². The number of likely N-dealkylation sites (N-methyl/N-ethyl adjacent to an activating group) is 1. The maximum atomic E-state index is 13.5. The maximum absolute atomic E-state index is 13.5. The van der Waals surface area contributed by atoms with Crippen LogP contribution in [0.2, 0.25) is 0 Å². The van der Waals surface area contributed by atoms with Crippen molar-refractivity contribution in [2.75, 3.05) is 13.6 Å². The summed E-state index contributed by atoms with van der Waals surface area (Å²) >= 11 is 0. The summed E-state index contributed by atoms with van der Waals surface area (Å²) in [5.74, 6) is 0.389. The molecule has 2 amide bonds. The normalized spacial score (nSPS) is 14.0. The second kappa shape index (κ2) is 10.0. The minimum absolute atomic E-state index is 0. The number of amides is 2. The Kier molecular flexibility index (Phi) is 6.92. The fourth-order valence-corrected chi connectivity index (χ4v) is 4.23. The molecule has 1 aromatic carbocycles. The highest BCUT2D eigenvalue weighted by atomic mass is 16.2. The number of aromatic nitrogens is 2. The van der Waals surface area contributed by atoms with Gasteiger partial charge in [0, 0.05) is 57.2 Å². The molecule has 33 heavy (non-hydrogen) atoms. The Morgan fingerprint density at radius 3 is 2.61 bits per heavy atom. The quantitative estimate of drug-likeness (QED) is 0.531. The first-order valence-electron chi connectivity index (χ1n) is 11.6. The molecule has 0 radical (unpaired) electrons. The summed E-state index contributed by atoms with van der Waals surface area (Å²) < 4.78 is 1.80. The zero-order valence-electron chi connectivity index (χ0n) is 19.6. The number of aryl methyl sites for hydroxylation is 2. The number of nitrogens with one attached hydrogen (secondary N) is 1. The molecule has 0 saturated heterocycles. The van der Waals surface area contributed by atoms with E-state index in [1.165, 1.54) is 5.56 Å². The molecule has 1 N–H and O–H groups in total. The van der Waals surface area contributed by atoms with E-state index in [0.717, 1.165) is 30.7 Å². The van der Waals surface area contributed by atoms with Crippen molar-refractivity contribution in [2.24, 2.45) is 7.05 Å². The number of rotatable bonds is 9. The number of hydrogen-bond donors (Lipinski definition) is 1. The molecule has 0 aliphatic heterocycles. The van der Waals surface area contributed by atoms with E-state index < -0.39 is 0 Å². The highest BCUT2D eigenvalue weighted by Gasteiger charge is 2.28. The van der Waals surface area contributed by atoms with Crippen molar-refractivity contribution in [3.8, 4) is 0 Å². The van der Waals surface area contributed by atoms with Crippen LogP contribution in [0.25, 0.3) is 0 Å². The molecule has 0 spiro atoms. The van der Waals surface area contributed by atoms with Crippen molar-refractivity contribution in [1.82, 2.24) is 19.8 Å². The molecular formula is C27H34N4O2. The Balaban J connectivity index is 0.00000324. The lowest BCUT2D eigenvalue weighted by atomic mass is 10.0. The average molecular weight is 447 g/mol. The molecule has 6 heteroatoms. The van der Waals surface area contributed by atoms with Gasteiger partial charge in [-0.25, -0.2) is 0 Å². The molecule has 2 heterocycles. The summed E-state index contributed by atoms with van der Waals surface area (Å²) in [6.07, 6.45) is 5.54. The van der Waals surface area contributed by atoms with Crippen molar-refractivity contribution in [2.45, 2.75) is 44.6 Å². The van der Waals surface area contributed by atoms with E-state index >= 15 is 0 Å². The van der Waals surface area contributed by atoms with Crippen molar-refractivity contribution in [1.29, 1.82) is 0 Å².